The Balaban J connectivity index is 1.58. The van der Waals surface area contributed by atoms with Crippen LogP contribution in [0.3, 0.4) is 0 Å². The number of rotatable bonds is 2. The highest BCUT2D eigenvalue weighted by Crippen LogP contribution is 2.68. The molecule has 0 nitrogen and oxygen atoms in total. The van der Waals surface area contributed by atoms with Crippen LogP contribution in [0.25, 0.3) is 0 Å². The summed E-state index contributed by atoms with van der Waals surface area (Å²) >= 11 is 0. The Kier molecular flexibility index (Phi) is 4.13. The minimum atomic E-state index is 0.708. The van der Waals surface area contributed by atoms with Gasteiger partial charge >= 0.3 is 0 Å². The largest absolute Gasteiger partial charge is 0.0651 e. The molecule has 3 unspecified atom stereocenters. The summed E-state index contributed by atoms with van der Waals surface area (Å²) in [7, 11) is 0. The van der Waals surface area contributed by atoms with E-state index in [-0.39, 0.29) is 0 Å². The van der Waals surface area contributed by atoms with Crippen LogP contribution in [0.1, 0.15) is 98.3 Å². The molecule has 0 heterocycles. The lowest BCUT2D eigenvalue weighted by molar-refractivity contribution is -0.118. The first-order valence-corrected chi connectivity index (χ1v) is 11.0. The summed E-state index contributed by atoms with van der Waals surface area (Å²) < 4.78 is 0. The number of hydrogen-bond donors (Lipinski definition) is 0. The van der Waals surface area contributed by atoms with Gasteiger partial charge in [-0.3, -0.25) is 0 Å². The van der Waals surface area contributed by atoms with Crippen molar-refractivity contribution in [2.45, 2.75) is 98.3 Å². The smallest absolute Gasteiger partial charge is 0.0266 e. The standard InChI is InChI=1S/C23H40/c1-5-16-11-13-23(4)18(15-16)7-9-19-20-10-8-17(6-2)22(20,3)14-12-21(19)23/h16-21H,5-15H2,1-4H3/t16-,17?,18+,19-,20?,21?,22+,23-/m0/s1. The maximum atomic E-state index is 2.73. The van der Waals surface area contributed by atoms with Crippen molar-refractivity contribution in [1.82, 2.24) is 0 Å². The molecule has 0 aliphatic heterocycles. The van der Waals surface area contributed by atoms with Gasteiger partial charge in [-0.15, -0.1) is 0 Å². The zero-order chi connectivity index (χ0) is 16.2. The highest BCUT2D eigenvalue weighted by Gasteiger charge is 2.59. The zero-order valence-corrected chi connectivity index (χ0v) is 16.2. The molecule has 4 fully saturated rings. The fourth-order valence-electron chi connectivity index (χ4n) is 8.50. The van der Waals surface area contributed by atoms with Crippen molar-refractivity contribution in [3.8, 4) is 0 Å². The molecule has 0 amide bonds. The van der Waals surface area contributed by atoms with Gasteiger partial charge in [-0.05, 0) is 104 Å². The van der Waals surface area contributed by atoms with E-state index in [1.54, 1.807) is 51.4 Å². The average Bonchev–Trinajstić information content (AvgIpc) is 2.90. The summed E-state index contributed by atoms with van der Waals surface area (Å²) in [5, 5.41) is 0. The van der Waals surface area contributed by atoms with E-state index in [4.69, 9.17) is 0 Å². The zero-order valence-electron chi connectivity index (χ0n) is 16.2. The molecule has 4 saturated carbocycles. The predicted molar refractivity (Wildman–Crippen MR) is 99.3 cm³/mol. The van der Waals surface area contributed by atoms with Crippen LogP contribution < -0.4 is 0 Å². The lowest BCUT2D eigenvalue weighted by atomic mass is 9.44. The molecule has 4 rings (SSSR count). The van der Waals surface area contributed by atoms with Crippen molar-refractivity contribution >= 4 is 0 Å². The molecular weight excluding hydrogens is 276 g/mol. The molecule has 23 heavy (non-hydrogen) atoms. The topological polar surface area (TPSA) is 0 Å². The normalized spacial score (nSPS) is 55.8. The van der Waals surface area contributed by atoms with E-state index in [9.17, 15) is 0 Å². The monoisotopic (exact) mass is 316 g/mol. The van der Waals surface area contributed by atoms with Gasteiger partial charge in [0.1, 0.15) is 0 Å². The van der Waals surface area contributed by atoms with Gasteiger partial charge in [0.2, 0.25) is 0 Å². The van der Waals surface area contributed by atoms with Gasteiger partial charge in [-0.1, -0.05) is 40.5 Å². The highest BCUT2D eigenvalue weighted by molar-refractivity contribution is 5.08. The predicted octanol–water partition coefficient (Wildman–Crippen LogP) is 7.08. The fraction of sp³-hybridized carbons (Fsp3) is 1.00. The minimum Gasteiger partial charge on any atom is -0.0651 e. The van der Waals surface area contributed by atoms with Gasteiger partial charge < -0.3 is 0 Å². The van der Waals surface area contributed by atoms with Crippen molar-refractivity contribution in [3.05, 3.63) is 0 Å². The Hall–Kier alpha value is 0. The quantitative estimate of drug-likeness (QED) is 0.510. The number of hydrogen-bond acceptors (Lipinski definition) is 0. The van der Waals surface area contributed by atoms with E-state index in [2.05, 4.69) is 27.7 Å². The Morgan fingerprint density at radius 2 is 1.48 bits per heavy atom. The van der Waals surface area contributed by atoms with Crippen molar-refractivity contribution in [2.75, 3.05) is 0 Å². The summed E-state index contributed by atoms with van der Waals surface area (Å²) in [6.45, 7) is 10.3. The van der Waals surface area contributed by atoms with E-state index in [0.29, 0.717) is 10.8 Å². The highest BCUT2D eigenvalue weighted by atomic mass is 14.6. The molecule has 4 aliphatic rings. The van der Waals surface area contributed by atoms with Crippen molar-refractivity contribution in [1.29, 1.82) is 0 Å². The minimum absolute atomic E-state index is 0.708. The summed E-state index contributed by atoms with van der Waals surface area (Å²) in [6.07, 6.45) is 16.9. The molecule has 0 saturated heterocycles. The lowest BCUT2D eigenvalue weighted by Crippen LogP contribution is -2.53. The Morgan fingerprint density at radius 1 is 0.739 bits per heavy atom. The van der Waals surface area contributed by atoms with Crippen LogP contribution in [0.15, 0.2) is 0 Å². The molecule has 4 aliphatic carbocycles. The molecule has 0 N–H and O–H groups in total. The second kappa shape index (κ2) is 5.77. The Morgan fingerprint density at radius 3 is 2.22 bits per heavy atom. The van der Waals surface area contributed by atoms with Gasteiger partial charge in [0.25, 0.3) is 0 Å². The van der Waals surface area contributed by atoms with E-state index in [1.165, 1.54) is 19.3 Å². The lowest BCUT2D eigenvalue weighted by Gasteiger charge is -2.61. The third-order valence-electron chi connectivity index (χ3n) is 10.0. The van der Waals surface area contributed by atoms with E-state index >= 15 is 0 Å². The SMILES string of the molecule is CCC1CCC2[C@@H]3CC[C@@H]4C[C@@H](CC)CC[C@]4(C)C3CC[C@]12C. The molecule has 0 aromatic heterocycles. The summed E-state index contributed by atoms with van der Waals surface area (Å²) in [5.74, 6) is 6.39. The first kappa shape index (κ1) is 16.5. The third-order valence-corrected chi connectivity index (χ3v) is 10.0. The van der Waals surface area contributed by atoms with Gasteiger partial charge in [0.15, 0.2) is 0 Å². The Labute approximate surface area is 145 Å². The fourth-order valence-corrected chi connectivity index (χ4v) is 8.50. The van der Waals surface area contributed by atoms with Crippen LogP contribution in [0.2, 0.25) is 0 Å². The van der Waals surface area contributed by atoms with Crippen LogP contribution in [-0.4, -0.2) is 0 Å². The maximum Gasteiger partial charge on any atom is -0.0266 e. The summed E-state index contributed by atoms with van der Waals surface area (Å²) in [5.41, 5.74) is 1.42. The molecule has 0 bridgehead atoms. The maximum absolute atomic E-state index is 2.73. The molecule has 8 atom stereocenters. The van der Waals surface area contributed by atoms with Crippen LogP contribution in [-0.2, 0) is 0 Å². The van der Waals surface area contributed by atoms with Gasteiger partial charge in [0.05, 0.1) is 0 Å². The summed E-state index contributed by atoms with van der Waals surface area (Å²) in [6, 6.07) is 0. The van der Waals surface area contributed by atoms with Gasteiger partial charge in [0, 0.05) is 0 Å². The third kappa shape index (κ3) is 2.29. The first-order valence-electron chi connectivity index (χ1n) is 11.0. The second-order valence-corrected chi connectivity index (χ2v) is 10.4. The van der Waals surface area contributed by atoms with Crippen LogP contribution in [0.4, 0.5) is 0 Å². The Bertz CT molecular complexity index is 439. The van der Waals surface area contributed by atoms with E-state index in [1.807, 2.05) is 0 Å². The van der Waals surface area contributed by atoms with Crippen molar-refractivity contribution < 1.29 is 0 Å². The summed E-state index contributed by atoms with van der Waals surface area (Å²) in [4.78, 5) is 0. The molecule has 0 aromatic carbocycles. The van der Waals surface area contributed by atoms with Crippen LogP contribution in [0, 0.1) is 46.3 Å². The van der Waals surface area contributed by atoms with Crippen molar-refractivity contribution in [3.63, 3.8) is 0 Å². The molecular formula is C23H40. The molecule has 132 valence electrons. The number of fused-ring (bicyclic) bond motifs is 5. The van der Waals surface area contributed by atoms with Crippen LogP contribution in [0.5, 0.6) is 0 Å². The first-order chi connectivity index (χ1) is 11.0. The molecule has 0 radical (unpaired) electrons. The average molecular weight is 317 g/mol. The molecule has 0 spiro atoms. The molecule has 0 heteroatoms. The molecule has 0 aromatic rings. The van der Waals surface area contributed by atoms with Crippen LogP contribution >= 0.6 is 0 Å². The van der Waals surface area contributed by atoms with E-state index in [0.717, 1.165) is 35.5 Å². The van der Waals surface area contributed by atoms with Gasteiger partial charge in [-0.25, -0.2) is 0 Å². The van der Waals surface area contributed by atoms with Crippen molar-refractivity contribution in [2.24, 2.45) is 46.3 Å². The van der Waals surface area contributed by atoms with E-state index < -0.39 is 0 Å². The van der Waals surface area contributed by atoms with Gasteiger partial charge in [-0.2, -0.15) is 0 Å². The second-order valence-electron chi connectivity index (χ2n) is 10.4.